The Bertz CT molecular complexity index is 1130. The van der Waals surface area contributed by atoms with Gasteiger partial charge in [0.2, 0.25) is 0 Å². The molecule has 0 unspecified atom stereocenters. The van der Waals surface area contributed by atoms with Crippen molar-refractivity contribution in [2.24, 2.45) is 5.73 Å². The third kappa shape index (κ3) is 3.46. The van der Waals surface area contributed by atoms with Gasteiger partial charge in [-0.1, -0.05) is 6.07 Å². The third-order valence-corrected chi connectivity index (χ3v) is 6.94. The van der Waals surface area contributed by atoms with Crippen molar-refractivity contribution in [1.82, 2.24) is 10.3 Å². The van der Waals surface area contributed by atoms with Crippen LogP contribution in [0.25, 0.3) is 10.2 Å². The Morgan fingerprint density at radius 3 is 3.00 bits per heavy atom. The van der Waals surface area contributed by atoms with Crippen molar-refractivity contribution >= 4 is 38.8 Å². The zero-order valence-corrected chi connectivity index (χ0v) is 17.7. The molecule has 3 aromatic rings. The summed E-state index contributed by atoms with van der Waals surface area (Å²) in [6.45, 7) is 4.21. The lowest BCUT2D eigenvalue weighted by Gasteiger charge is -2.28. The Balaban J connectivity index is 1.30. The number of rotatable bonds is 3. The number of hydrogen-bond donors (Lipinski definition) is 3. The number of nitrogens with one attached hydrogen (secondary N) is 1. The van der Waals surface area contributed by atoms with Gasteiger partial charge in [0.25, 0.3) is 5.91 Å². The number of fused-ring (bicyclic) bond motifs is 2. The minimum absolute atomic E-state index is 0.102. The quantitative estimate of drug-likeness (QED) is 0.597. The lowest BCUT2D eigenvalue weighted by molar-refractivity contribution is 0.0920. The molecular formula is C22H25N5O2S. The summed E-state index contributed by atoms with van der Waals surface area (Å²) in [5.74, 6) is 0.715. The summed E-state index contributed by atoms with van der Waals surface area (Å²) >= 11 is 1.33. The molecule has 5 N–H and O–H groups in total. The van der Waals surface area contributed by atoms with Crippen LogP contribution in [0.2, 0.25) is 0 Å². The summed E-state index contributed by atoms with van der Waals surface area (Å²) in [6, 6.07) is 10.3. The highest BCUT2D eigenvalue weighted by atomic mass is 32.1. The molecule has 0 spiro atoms. The number of anilines is 2. The fourth-order valence-electron chi connectivity index (χ4n) is 4.18. The largest absolute Gasteiger partial charge is 0.491 e. The van der Waals surface area contributed by atoms with Crippen molar-refractivity contribution in [2.45, 2.75) is 31.8 Å². The van der Waals surface area contributed by atoms with E-state index in [1.807, 2.05) is 19.1 Å². The van der Waals surface area contributed by atoms with E-state index in [-0.39, 0.29) is 18.0 Å². The van der Waals surface area contributed by atoms with Crippen LogP contribution in [0.5, 0.6) is 5.75 Å². The molecule has 0 aliphatic carbocycles. The molecule has 8 heteroatoms. The van der Waals surface area contributed by atoms with E-state index in [0.717, 1.165) is 58.8 Å². The number of nitrogens with zero attached hydrogens (tertiary/aromatic N) is 2. The maximum atomic E-state index is 12.9. The van der Waals surface area contributed by atoms with Gasteiger partial charge in [-0.15, -0.1) is 11.3 Å². The van der Waals surface area contributed by atoms with Crippen LogP contribution < -0.4 is 26.4 Å². The van der Waals surface area contributed by atoms with E-state index in [0.29, 0.717) is 17.2 Å². The number of pyridine rings is 1. The number of aromatic nitrogens is 1. The number of hydrogen-bond acceptors (Lipinski definition) is 7. The third-order valence-electron chi connectivity index (χ3n) is 5.82. The fourth-order valence-corrected chi connectivity index (χ4v) is 5.22. The van der Waals surface area contributed by atoms with Gasteiger partial charge >= 0.3 is 0 Å². The normalized spacial score (nSPS) is 20.8. The average Bonchev–Trinajstić information content (AvgIpc) is 3.31. The molecule has 2 aliphatic heterocycles. The maximum absolute atomic E-state index is 12.9. The smallest absolute Gasteiger partial charge is 0.263 e. The Morgan fingerprint density at radius 1 is 1.33 bits per heavy atom. The van der Waals surface area contributed by atoms with Gasteiger partial charge in [-0.3, -0.25) is 4.79 Å². The van der Waals surface area contributed by atoms with E-state index >= 15 is 0 Å². The monoisotopic (exact) mass is 423 g/mol. The molecule has 1 aromatic carbocycles. The predicted octanol–water partition coefficient (Wildman–Crippen LogP) is 2.46. The molecule has 156 valence electrons. The topological polar surface area (TPSA) is 106 Å². The van der Waals surface area contributed by atoms with Crippen molar-refractivity contribution in [1.29, 1.82) is 0 Å². The van der Waals surface area contributed by atoms with Crippen molar-refractivity contribution in [2.75, 3.05) is 30.3 Å². The molecule has 1 fully saturated rings. The summed E-state index contributed by atoms with van der Waals surface area (Å²) in [5, 5.41) is 3.91. The lowest BCUT2D eigenvalue weighted by atomic mass is 10.0. The second kappa shape index (κ2) is 7.45. The summed E-state index contributed by atoms with van der Waals surface area (Å²) in [4.78, 5) is 21.0. The van der Waals surface area contributed by atoms with Gasteiger partial charge in [-0.25, -0.2) is 4.98 Å². The molecule has 5 rings (SSSR count). The fraction of sp³-hybridized carbons (Fsp3) is 0.364. The van der Waals surface area contributed by atoms with E-state index in [9.17, 15) is 4.79 Å². The molecule has 1 amide bonds. The number of nitrogens with two attached hydrogens (primary N) is 2. The van der Waals surface area contributed by atoms with Crippen LogP contribution in [0.1, 0.15) is 27.3 Å². The minimum Gasteiger partial charge on any atom is -0.491 e. The highest BCUT2D eigenvalue weighted by Gasteiger charge is 2.26. The number of ether oxygens (including phenoxy) is 1. The van der Waals surface area contributed by atoms with Gasteiger partial charge in [0.1, 0.15) is 22.1 Å². The van der Waals surface area contributed by atoms with Crippen LogP contribution in [0, 0.1) is 6.92 Å². The van der Waals surface area contributed by atoms with Crippen LogP contribution in [0.4, 0.5) is 11.4 Å². The van der Waals surface area contributed by atoms with Crippen molar-refractivity contribution < 1.29 is 9.53 Å². The highest BCUT2D eigenvalue weighted by molar-refractivity contribution is 7.21. The number of carbonyl (C=O) groups is 1. The maximum Gasteiger partial charge on any atom is 0.263 e. The second-order valence-electron chi connectivity index (χ2n) is 8.12. The van der Waals surface area contributed by atoms with E-state index in [1.165, 1.54) is 11.3 Å². The van der Waals surface area contributed by atoms with Gasteiger partial charge in [0, 0.05) is 42.0 Å². The first-order valence-electron chi connectivity index (χ1n) is 10.2. The van der Waals surface area contributed by atoms with Crippen molar-refractivity contribution in [3.05, 3.63) is 46.5 Å². The summed E-state index contributed by atoms with van der Waals surface area (Å²) in [7, 11) is 0. The first-order chi connectivity index (χ1) is 14.5. The zero-order chi connectivity index (χ0) is 20.8. The van der Waals surface area contributed by atoms with Gasteiger partial charge < -0.3 is 26.4 Å². The van der Waals surface area contributed by atoms with E-state index in [1.54, 1.807) is 0 Å². The molecule has 2 atom stereocenters. The number of carbonyl (C=O) groups excluding carboxylic acids is 1. The summed E-state index contributed by atoms with van der Waals surface area (Å²) < 4.78 is 5.99. The number of nitrogen functional groups attached to an aromatic ring is 1. The van der Waals surface area contributed by atoms with Gasteiger partial charge in [-0.2, -0.15) is 0 Å². The lowest BCUT2D eigenvalue weighted by Crippen LogP contribution is -2.42. The van der Waals surface area contributed by atoms with Crippen LogP contribution >= 0.6 is 11.3 Å². The Hall–Kier alpha value is -2.84. The highest BCUT2D eigenvalue weighted by Crippen LogP contribution is 2.34. The molecule has 0 radical (unpaired) electrons. The Kier molecular flexibility index (Phi) is 4.75. The standard InChI is InChI=1S/C22H25N5O2S/c1-12-2-5-17-19(24)20(30-22(17)25-12)21(28)26-15-8-13-3-4-16(9-18(13)29-11-15)27-7-6-14(23)10-27/h2-5,9,14-15H,6-8,10-11,23-24H2,1H3,(H,26,28)/t14-,15+/m0/s1. The zero-order valence-electron chi connectivity index (χ0n) is 16.9. The SMILES string of the molecule is Cc1ccc2c(N)c(C(=O)N[C@H]3COc4cc(N5CC[C@H](N)C5)ccc4C3)sc2n1. The van der Waals surface area contributed by atoms with Gasteiger partial charge in [0.15, 0.2) is 0 Å². The number of amides is 1. The predicted molar refractivity (Wildman–Crippen MR) is 120 cm³/mol. The summed E-state index contributed by atoms with van der Waals surface area (Å²) in [6.07, 6.45) is 1.74. The molecule has 2 aliphatic rings. The van der Waals surface area contributed by atoms with E-state index in [4.69, 9.17) is 16.2 Å². The number of thiophene rings is 1. The van der Waals surface area contributed by atoms with E-state index < -0.39 is 0 Å². The first kappa shape index (κ1) is 19.1. The summed E-state index contributed by atoms with van der Waals surface area (Å²) in [5.41, 5.74) is 15.9. The molecule has 0 saturated carbocycles. The molecular weight excluding hydrogens is 398 g/mol. The molecule has 7 nitrogen and oxygen atoms in total. The van der Waals surface area contributed by atoms with Crippen LogP contribution in [0.15, 0.2) is 30.3 Å². The van der Waals surface area contributed by atoms with Gasteiger partial charge in [-0.05, 0) is 43.5 Å². The molecule has 1 saturated heterocycles. The Morgan fingerprint density at radius 2 is 2.20 bits per heavy atom. The average molecular weight is 424 g/mol. The van der Waals surface area contributed by atoms with Crippen LogP contribution in [0.3, 0.4) is 0 Å². The number of aryl methyl sites for hydroxylation is 1. The molecule has 4 heterocycles. The molecule has 2 aromatic heterocycles. The Labute approximate surface area is 179 Å². The van der Waals surface area contributed by atoms with Gasteiger partial charge in [0.05, 0.1) is 11.7 Å². The van der Waals surface area contributed by atoms with Crippen LogP contribution in [-0.2, 0) is 6.42 Å². The van der Waals surface area contributed by atoms with E-state index in [2.05, 4.69) is 33.4 Å². The molecule has 30 heavy (non-hydrogen) atoms. The number of benzene rings is 1. The molecule has 0 bridgehead atoms. The van der Waals surface area contributed by atoms with Crippen molar-refractivity contribution in [3.8, 4) is 5.75 Å². The van der Waals surface area contributed by atoms with Crippen LogP contribution in [-0.4, -0.2) is 42.7 Å². The van der Waals surface area contributed by atoms with Crippen molar-refractivity contribution in [3.63, 3.8) is 0 Å². The minimum atomic E-state index is -0.173. The second-order valence-corrected chi connectivity index (χ2v) is 9.12. The first-order valence-corrected chi connectivity index (χ1v) is 11.0.